The van der Waals surface area contributed by atoms with Crippen LogP contribution in [0.25, 0.3) is 11.4 Å². The number of H-pyrrole nitrogens is 1. The number of benzene rings is 3. The summed E-state index contributed by atoms with van der Waals surface area (Å²) in [5, 5.41) is 7.22. The number of hydrogen-bond acceptors (Lipinski definition) is 5. The lowest BCUT2D eigenvalue weighted by Gasteiger charge is -2.18. The SMILES string of the molecule is COc1ccc(Br)c(CNn2c(-c3ccccc3)n[nH]c2=S)c1OCc1ccccc1. The molecule has 3 aromatic carbocycles. The van der Waals surface area contributed by atoms with Gasteiger partial charge in [0.2, 0.25) is 4.77 Å². The zero-order valence-corrected chi connectivity index (χ0v) is 19.2. The summed E-state index contributed by atoms with van der Waals surface area (Å²) in [7, 11) is 1.63. The van der Waals surface area contributed by atoms with Gasteiger partial charge in [0.1, 0.15) is 6.61 Å². The maximum atomic E-state index is 6.19. The number of aromatic nitrogens is 3. The number of rotatable bonds is 8. The molecule has 0 amide bonds. The highest BCUT2D eigenvalue weighted by atomic mass is 79.9. The van der Waals surface area contributed by atoms with E-state index in [4.69, 9.17) is 21.7 Å². The molecule has 0 saturated carbocycles. The van der Waals surface area contributed by atoms with Gasteiger partial charge >= 0.3 is 0 Å². The minimum Gasteiger partial charge on any atom is -0.493 e. The molecule has 31 heavy (non-hydrogen) atoms. The molecule has 1 heterocycles. The average Bonchev–Trinajstić information content (AvgIpc) is 3.18. The van der Waals surface area contributed by atoms with Gasteiger partial charge in [0.25, 0.3) is 0 Å². The molecule has 0 atom stereocenters. The molecule has 0 aliphatic heterocycles. The Balaban J connectivity index is 1.62. The molecule has 0 fully saturated rings. The third-order valence-corrected chi connectivity index (χ3v) is 5.75. The highest BCUT2D eigenvalue weighted by molar-refractivity contribution is 9.10. The maximum absolute atomic E-state index is 6.19. The minimum absolute atomic E-state index is 0.432. The first kappa shape index (κ1) is 21.1. The van der Waals surface area contributed by atoms with Crippen molar-refractivity contribution < 1.29 is 9.47 Å². The van der Waals surface area contributed by atoms with E-state index in [1.807, 2.05) is 72.8 Å². The number of halogens is 1. The van der Waals surface area contributed by atoms with E-state index in [2.05, 4.69) is 31.6 Å². The van der Waals surface area contributed by atoms with Gasteiger partial charge in [-0.25, -0.2) is 9.77 Å². The second-order valence-electron chi connectivity index (χ2n) is 6.72. The smallest absolute Gasteiger partial charge is 0.214 e. The van der Waals surface area contributed by atoms with Gasteiger partial charge in [-0.3, -0.25) is 0 Å². The van der Waals surface area contributed by atoms with E-state index in [-0.39, 0.29) is 0 Å². The van der Waals surface area contributed by atoms with Crippen molar-refractivity contribution in [2.45, 2.75) is 13.2 Å². The third kappa shape index (κ3) is 4.81. The van der Waals surface area contributed by atoms with Gasteiger partial charge in [0.15, 0.2) is 17.3 Å². The molecule has 4 rings (SSSR count). The monoisotopic (exact) mass is 496 g/mol. The Labute approximate surface area is 193 Å². The summed E-state index contributed by atoms with van der Waals surface area (Å²) in [6, 6.07) is 23.7. The lowest BCUT2D eigenvalue weighted by Crippen LogP contribution is -2.17. The van der Waals surface area contributed by atoms with Crippen LogP contribution >= 0.6 is 28.1 Å². The Morgan fingerprint density at radius 2 is 1.74 bits per heavy atom. The summed E-state index contributed by atoms with van der Waals surface area (Å²) in [5.41, 5.74) is 6.30. The normalized spacial score (nSPS) is 10.6. The van der Waals surface area contributed by atoms with Crippen LogP contribution in [0.5, 0.6) is 11.5 Å². The topological polar surface area (TPSA) is 64.1 Å². The van der Waals surface area contributed by atoms with Gasteiger partial charge in [-0.2, -0.15) is 5.10 Å². The lowest BCUT2D eigenvalue weighted by molar-refractivity contribution is 0.281. The van der Waals surface area contributed by atoms with Gasteiger partial charge in [-0.15, -0.1) is 0 Å². The molecule has 158 valence electrons. The van der Waals surface area contributed by atoms with Crippen molar-refractivity contribution in [1.82, 2.24) is 14.9 Å². The molecule has 0 bridgehead atoms. The van der Waals surface area contributed by atoms with Crippen LogP contribution in [0, 0.1) is 4.77 Å². The van der Waals surface area contributed by atoms with Crippen LogP contribution in [0.4, 0.5) is 0 Å². The molecular formula is C23H21BrN4O2S. The summed E-state index contributed by atoms with van der Waals surface area (Å²) >= 11 is 9.08. The van der Waals surface area contributed by atoms with Crippen LogP contribution in [-0.4, -0.2) is 22.0 Å². The minimum atomic E-state index is 0.432. The average molecular weight is 497 g/mol. The lowest BCUT2D eigenvalue weighted by atomic mass is 10.1. The van der Waals surface area contributed by atoms with Crippen LogP contribution in [-0.2, 0) is 13.2 Å². The van der Waals surface area contributed by atoms with Gasteiger partial charge in [-0.1, -0.05) is 76.6 Å². The standard InChI is InChI=1S/C23H21BrN4O2S/c1-29-20-13-12-19(24)18(21(20)30-15-16-8-4-2-5-9-16)14-25-28-22(26-27-23(28)31)17-10-6-3-7-11-17/h2-13,25H,14-15H2,1H3,(H,27,31). The predicted octanol–water partition coefficient (Wildman–Crippen LogP) is 5.70. The molecule has 1 aromatic heterocycles. The van der Waals surface area contributed by atoms with Crippen molar-refractivity contribution in [3.63, 3.8) is 0 Å². The van der Waals surface area contributed by atoms with Crippen molar-refractivity contribution in [3.05, 3.63) is 93.2 Å². The van der Waals surface area contributed by atoms with E-state index < -0.39 is 0 Å². The first-order valence-corrected chi connectivity index (χ1v) is 10.9. The summed E-state index contributed by atoms with van der Waals surface area (Å²) in [6.45, 7) is 0.872. The highest BCUT2D eigenvalue weighted by Gasteiger charge is 2.16. The van der Waals surface area contributed by atoms with Gasteiger partial charge in [0, 0.05) is 15.6 Å². The number of hydrogen-bond donors (Lipinski definition) is 2. The Morgan fingerprint density at radius 1 is 1.03 bits per heavy atom. The van der Waals surface area contributed by atoms with Crippen LogP contribution in [0.1, 0.15) is 11.1 Å². The summed E-state index contributed by atoms with van der Waals surface area (Å²) < 4.78 is 14.9. The Bertz CT molecular complexity index is 1210. The van der Waals surface area contributed by atoms with Crippen LogP contribution in [0.15, 0.2) is 77.3 Å². The number of nitrogens with zero attached hydrogens (tertiary/aromatic N) is 2. The van der Waals surface area contributed by atoms with E-state index >= 15 is 0 Å². The fourth-order valence-electron chi connectivity index (χ4n) is 3.18. The number of ether oxygens (including phenoxy) is 2. The van der Waals surface area contributed by atoms with Crippen molar-refractivity contribution >= 4 is 28.1 Å². The predicted molar refractivity (Wildman–Crippen MR) is 127 cm³/mol. The molecule has 0 aliphatic carbocycles. The van der Waals surface area contributed by atoms with E-state index in [1.54, 1.807) is 11.8 Å². The fraction of sp³-hybridized carbons (Fsp3) is 0.130. The molecule has 8 heteroatoms. The fourth-order valence-corrected chi connectivity index (χ4v) is 3.83. The molecule has 0 spiro atoms. The molecule has 4 aromatic rings. The summed E-state index contributed by atoms with van der Waals surface area (Å²) in [4.78, 5) is 0. The molecule has 0 saturated heterocycles. The number of aromatic amines is 1. The number of nitrogens with one attached hydrogen (secondary N) is 2. The van der Waals surface area contributed by atoms with E-state index in [9.17, 15) is 0 Å². The molecule has 0 unspecified atom stereocenters. The van der Waals surface area contributed by atoms with Crippen molar-refractivity contribution in [2.24, 2.45) is 0 Å². The Hall–Kier alpha value is -3.10. The zero-order chi connectivity index (χ0) is 21.6. The second-order valence-corrected chi connectivity index (χ2v) is 7.96. The van der Waals surface area contributed by atoms with Crippen LogP contribution < -0.4 is 14.9 Å². The van der Waals surface area contributed by atoms with E-state index in [1.165, 1.54) is 0 Å². The molecule has 6 nitrogen and oxygen atoms in total. The van der Waals surface area contributed by atoms with Crippen LogP contribution in [0.2, 0.25) is 0 Å². The molecule has 0 radical (unpaired) electrons. The van der Waals surface area contributed by atoms with Gasteiger partial charge < -0.3 is 14.9 Å². The maximum Gasteiger partial charge on any atom is 0.214 e. The second kappa shape index (κ2) is 9.80. The van der Waals surface area contributed by atoms with Crippen molar-refractivity contribution in [2.75, 3.05) is 12.5 Å². The van der Waals surface area contributed by atoms with Crippen LogP contribution in [0.3, 0.4) is 0 Å². The quantitative estimate of drug-likeness (QED) is 0.306. The summed E-state index contributed by atoms with van der Waals surface area (Å²) in [6.07, 6.45) is 0. The largest absolute Gasteiger partial charge is 0.493 e. The number of methoxy groups -OCH3 is 1. The first-order valence-electron chi connectivity index (χ1n) is 9.66. The molecular weight excluding hydrogens is 476 g/mol. The van der Waals surface area contributed by atoms with Gasteiger partial charge in [0.05, 0.1) is 13.7 Å². The zero-order valence-electron chi connectivity index (χ0n) is 16.8. The molecule has 2 N–H and O–H groups in total. The summed E-state index contributed by atoms with van der Waals surface area (Å²) in [5.74, 6) is 2.04. The Morgan fingerprint density at radius 3 is 2.45 bits per heavy atom. The van der Waals surface area contributed by atoms with E-state index in [0.29, 0.717) is 35.2 Å². The van der Waals surface area contributed by atoms with Crippen molar-refractivity contribution in [1.29, 1.82) is 0 Å². The third-order valence-electron chi connectivity index (χ3n) is 4.73. The Kier molecular flexibility index (Phi) is 6.69. The highest BCUT2D eigenvalue weighted by Crippen LogP contribution is 2.37. The first-order chi connectivity index (χ1) is 15.2. The van der Waals surface area contributed by atoms with E-state index in [0.717, 1.165) is 21.2 Å². The van der Waals surface area contributed by atoms with Crippen molar-refractivity contribution in [3.8, 4) is 22.9 Å². The molecule has 0 aliphatic rings. The van der Waals surface area contributed by atoms with Gasteiger partial charge in [-0.05, 0) is 29.9 Å².